The molecule has 6 rings (SSSR count). The molecule has 0 aliphatic heterocycles. The Bertz CT molecular complexity index is 1450. The van der Waals surface area contributed by atoms with Gasteiger partial charge in [-0.15, -0.1) is 22.7 Å². The van der Waals surface area contributed by atoms with E-state index in [9.17, 15) is 0 Å². The minimum atomic E-state index is -1.72. The Balaban J connectivity index is 1.59. The molecule has 6 aromatic rings. The highest BCUT2D eigenvalue weighted by Crippen LogP contribution is 2.37. The second-order valence-corrected chi connectivity index (χ2v) is 15.8. The minimum Gasteiger partial charge on any atom is -0.343 e. The van der Waals surface area contributed by atoms with Gasteiger partial charge in [-0.1, -0.05) is 85.0 Å². The average molecular weight is 480 g/mol. The third kappa shape index (κ3) is 3.68. The first-order chi connectivity index (χ1) is 16.1. The Morgan fingerprint density at radius 3 is 1.67 bits per heavy atom. The van der Waals surface area contributed by atoms with E-state index in [2.05, 4.69) is 119 Å². The Morgan fingerprint density at radius 2 is 1.18 bits per heavy atom. The number of benzene rings is 3. The van der Waals surface area contributed by atoms with Gasteiger partial charge in [0.2, 0.25) is 0 Å². The van der Waals surface area contributed by atoms with Gasteiger partial charge in [0.25, 0.3) is 0 Å². The summed E-state index contributed by atoms with van der Waals surface area (Å²) in [6.45, 7) is 4.98. The van der Waals surface area contributed by atoms with E-state index in [1.807, 2.05) is 22.7 Å². The van der Waals surface area contributed by atoms with Gasteiger partial charge >= 0.3 is 0 Å². The molecule has 0 fully saturated rings. The fraction of sp³-hybridized carbons (Fsp3) is 0.103. The van der Waals surface area contributed by atoms with Gasteiger partial charge in [0.15, 0.2) is 0 Å². The van der Waals surface area contributed by atoms with Crippen molar-refractivity contribution in [3.05, 3.63) is 102 Å². The molecule has 0 saturated heterocycles. The molecule has 0 spiro atoms. The summed E-state index contributed by atoms with van der Waals surface area (Å²) < 4.78 is 2.61. The van der Waals surface area contributed by atoms with Crippen LogP contribution in [0.4, 0.5) is 0 Å². The normalized spacial score (nSPS) is 12.1. The summed E-state index contributed by atoms with van der Waals surface area (Å²) in [4.78, 5) is 2.65. The molecule has 162 valence electrons. The molecule has 0 N–H and O–H groups in total. The molecule has 0 atom stereocenters. The van der Waals surface area contributed by atoms with E-state index >= 15 is 0 Å². The predicted octanol–water partition coefficient (Wildman–Crippen LogP) is 8.41. The Labute approximate surface area is 203 Å². The number of hydrogen-bond donors (Lipinski definition) is 0. The first-order valence-electron chi connectivity index (χ1n) is 11.3. The molecule has 0 unspecified atom stereocenters. The second kappa shape index (κ2) is 8.14. The van der Waals surface area contributed by atoms with Gasteiger partial charge in [-0.05, 0) is 46.2 Å². The molecule has 0 saturated carbocycles. The fourth-order valence-electron chi connectivity index (χ4n) is 4.83. The van der Waals surface area contributed by atoms with Crippen molar-refractivity contribution in [2.45, 2.75) is 19.3 Å². The van der Waals surface area contributed by atoms with E-state index in [4.69, 9.17) is 0 Å². The molecule has 3 aromatic heterocycles. The summed E-state index contributed by atoms with van der Waals surface area (Å²) in [5, 5.41) is 8.52. The highest BCUT2D eigenvalue weighted by molar-refractivity contribution is 7.13. The van der Waals surface area contributed by atoms with Gasteiger partial charge in [0.05, 0.1) is 0 Å². The van der Waals surface area contributed by atoms with Crippen LogP contribution in [0.5, 0.6) is 0 Å². The number of hydrogen-bond acceptors (Lipinski definition) is 2. The van der Waals surface area contributed by atoms with Crippen LogP contribution < -0.4 is 5.19 Å². The lowest BCUT2D eigenvalue weighted by molar-refractivity contribution is 0.940. The molecule has 33 heavy (non-hydrogen) atoms. The van der Waals surface area contributed by atoms with Crippen LogP contribution >= 0.6 is 22.7 Å². The van der Waals surface area contributed by atoms with Gasteiger partial charge in [-0.25, -0.2) is 0 Å². The number of fused-ring (bicyclic) bond motifs is 3. The Hall–Kier alpha value is -2.92. The minimum absolute atomic E-state index is 1.05. The van der Waals surface area contributed by atoms with E-state index in [0.717, 1.165) is 6.17 Å². The van der Waals surface area contributed by atoms with Crippen LogP contribution in [0, 0.1) is 0 Å². The third-order valence-electron chi connectivity index (χ3n) is 6.59. The van der Waals surface area contributed by atoms with Crippen molar-refractivity contribution in [1.29, 1.82) is 0 Å². The number of aromatic nitrogens is 1. The first-order valence-corrected chi connectivity index (χ1v) is 16.3. The van der Waals surface area contributed by atoms with Crippen LogP contribution in [0.3, 0.4) is 0 Å². The molecular formula is C29H25NS2Si. The van der Waals surface area contributed by atoms with Gasteiger partial charge in [-0.3, -0.25) is 0 Å². The lowest BCUT2D eigenvalue weighted by atomic mass is 10.1. The van der Waals surface area contributed by atoms with Crippen molar-refractivity contribution in [2.75, 3.05) is 0 Å². The third-order valence-corrected chi connectivity index (χ3v) is 11.4. The lowest BCUT2D eigenvalue weighted by Crippen LogP contribution is -2.45. The maximum Gasteiger partial charge on any atom is 0.102 e. The van der Waals surface area contributed by atoms with E-state index in [0.29, 0.717) is 0 Å². The summed E-state index contributed by atoms with van der Waals surface area (Å²) in [5.41, 5.74) is 5.30. The standard InChI is InChI=1S/C29H25NS2Si/c1-33(2,23-8-4-3-5-9-23)20-30-26-18-21(28-10-6-16-31-28)12-14-24(26)25-15-13-22(19-27(25)30)29-11-7-17-32-29/h3-19H,20H2,1-2H3. The van der Waals surface area contributed by atoms with Crippen LogP contribution in [-0.4, -0.2) is 12.6 Å². The highest BCUT2D eigenvalue weighted by Gasteiger charge is 2.26. The molecule has 0 radical (unpaired) electrons. The van der Waals surface area contributed by atoms with Crippen molar-refractivity contribution in [2.24, 2.45) is 0 Å². The predicted molar refractivity (Wildman–Crippen MR) is 150 cm³/mol. The second-order valence-electron chi connectivity index (χ2n) is 9.25. The molecule has 3 aromatic carbocycles. The highest BCUT2D eigenvalue weighted by atomic mass is 32.1. The topological polar surface area (TPSA) is 4.93 Å². The number of thiophene rings is 2. The molecule has 0 aliphatic rings. The van der Waals surface area contributed by atoms with Crippen molar-refractivity contribution >= 4 is 57.7 Å². The van der Waals surface area contributed by atoms with Crippen molar-refractivity contribution in [1.82, 2.24) is 4.57 Å². The average Bonchev–Trinajstić information content (AvgIpc) is 3.61. The monoisotopic (exact) mass is 479 g/mol. The number of nitrogens with zero attached hydrogens (tertiary/aromatic N) is 1. The van der Waals surface area contributed by atoms with Gasteiger partial charge in [0, 0.05) is 37.7 Å². The number of rotatable bonds is 5. The molecule has 4 heteroatoms. The zero-order chi connectivity index (χ0) is 22.4. The SMILES string of the molecule is C[Si](C)(Cn1c2cc(-c3cccs3)ccc2c2ccc(-c3cccs3)cc21)c1ccccc1. The summed E-state index contributed by atoms with van der Waals surface area (Å²) in [5.74, 6) is 0. The van der Waals surface area contributed by atoms with Crippen LogP contribution in [-0.2, 0) is 6.17 Å². The molecular weight excluding hydrogens is 455 g/mol. The van der Waals surface area contributed by atoms with Crippen molar-refractivity contribution in [3.63, 3.8) is 0 Å². The molecule has 3 heterocycles. The largest absolute Gasteiger partial charge is 0.343 e. The Morgan fingerprint density at radius 1 is 0.636 bits per heavy atom. The molecule has 0 aliphatic carbocycles. The van der Waals surface area contributed by atoms with Crippen LogP contribution in [0.25, 0.3) is 42.7 Å². The smallest absolute Gasteiger partial charge is 0.102 e. The van der Waals surface area contributed by atoms with Crippen molar-refractivity contribution in [3.8, 4) is 20.9 Å². The fourth-order valence-corrected chi connectivity index (χ4v) is 8.69. The van der Waals surface area contributed by atoms with E-state index in [-0.39, 0.29) is 0 Å². The maximum absolute atomic E-state index is 2.61. The van der Waals surface area contributed by atoms with E-state index in [1.54, 1.807) is 0 Å². The van der Waals surface area contributed by atoms with Gasteiger partial charge < -0.3 is 4.57 Å². The van der Waals surface area contributed by atoms with Crippen LogP contribution in [0.1, 0.15) is 0 Å². The summed E-state index contributed by atoms with van der Waals surface area (Å²) in [7, 11) is -1.72. The zero-order valence-corrected chi connectivity index (χ0v) is 21.4. The quantitative estimate of drug-likeness (QED) is 0.219. The summed E-state index contributed by atoms with van der Waals surface area (Å²) in [6, 6.07) is 33.8. The van der Waals surface area contributed by atoms with Crippen LogP contribution in [0.15, 0.2) is 102 Å². The van der Waals surface area contributed by atoms with Gasteiger partial charge in [-0.2, -0.15) is 0 Å². The summed E-state index contributed by atoms with van der Waals surface area (Å²) >= 11 is 3.62. The van der Waals surface area contributed by atoms with Gasteiger partial charge in [0.1, 0.15) is 8.07 Å². The van der Waals surface area contributed by atoms with E-state index < -0.39 is 8.07 Å². The van der Waals surface area contributed by atoms with E-state index in [1.165, 1.54) is 47.9 Å². The molecule has 1 nitrogen and oxygen atoms in total. The first kappa shape index (κ1) is 20.7. The van der Waals surface area contributed by atoms with Crippen molar-refractivity contribution < 1.29 is 0 Å². The van der Waals surface area contributed by atoms with Crippen LogP contribution in [0.2, 0.25) is 13.1 Å². The maximum atomic E-state index is 2.61. The molecule has 0 amide bonds. The molecule has 0 bridgehead atoms. The lowest BCUT2D eigenvalue weighted by Gasteiger charge is -2.25. The Kier molecular flexibility index (Phi) is 5.10. The summed E-state index contributed by atoms with van der Waals surface area (Å²) in [6.07, 6.45) is 1.05. The zero-order valence-electron chi connectivity index (χ0n) is 18.8.